The normalized spacial score (nSPS) is 18.7. The van der Waals surface area contributed by atoms with Crippen LogP contribution < -0.4 is 4.90 Å². The first-order valence-electron chi connectivity index (χ1n) is 6.63. The van der Waals surface area contributed by atoms with Crippen LogP contribution in [0.5, 0.6) is 0 Å². The first-order valence-corrected chi connectivity index (χ1v) is 6.63. The molecule has 1 saturated heterocycles. The molecule has 0 radical (unpaired) electrons. The number of fused-ring (bicyclic) bond motifs is 1. The van der Waals surface area contributed by atoms with E-state index in [1.54, 1.807) is 17.6 Å². The molecule has 7 heteroatoms. The third kappa shape index (κ3) is 2.20. The second kappa shape index (κ2) is 5.09. The van der Waals surface area contributed by atoms with E-state index in [0.29, 0.717) is 24.4 Å². The fraction of sp³-hybridized carbons (Fsp3) is 0.462. The van der Waals surface area contributed by atoms with E-state index in [-0.39, 0.29) is 6.10 Å². The number of anilines is 1. The van der Waals surface area contributed by atoms with Crippen molar-refractivity contribution in [3.05, 3.63) is 24.0 Å². The molecule has 0 spiro atoms. The van der Waals surface area contributed by atoms with E-state index >= 15 is 0 Å². The molecule has 0 aromatic carbocycles. The van der Waals surface area contributed by atoms with E-state index in [4.69, 9.17) is 4.74 Å². The van der Waals surface area contributed by atoms with Gasteiger partial charge in [0.05, 0.1) is 18.9 Å². The highest BCUT2D eigenvalue weighted by Gasteiger charge is 2.23. The van der Waals surface area contributed by atoms with Crippen LogP contribution in [0.4, 0.5) is 5.82 Å². The Kier molecular flexibility index (Phi) is 3.27. The van der Waals surface area contributed by atoms with Crippen molar-refractivity contribution in [1.82, 2.24) is 14.6 Å². The SMILES string of the molecule is CCOC(=O)c1cnn2ccc(N3CC[C@@H](O)C3)nc12. The summed E-state index contributed by atoms with van der Waals surface area (Å²) in [6.45, 7) is 3.39. The second-order valence-electron chi connectivity index (χ2n) is 4.72. The Labute approximate surface area is 115 Å². The van der Waals surface area contributed by atoms with Crippen LogP contribution in [0.1, 0.15) is 23.7 Å². The summed E-state index contributed by atoms with van der Waals surface area (Å²) in [5, 5.41) is 13.7. The zero-order chi connectivity index (χ0) is 14.1. The third-order valence-corrected chi connectivity index (χ3v) is 3.34. The highest BCUT2D eigenvalue weighted by Crippen LogP contribution is 2.20. The number of aromatic nitrogens is 3. The summed E-state index contributed by atoms with van der Waals surface area (Å²) in [6, 6.07) is 1.83. The topological polar surface area (TPSA) is 80.0 Å². The van der Waals surface area contributed by atoms with Gasteiger partial charge in [0, 0.05) is 19.3 Å². The minimum absolute atomic E-state index is 0.314. The average molecular weight is 276 g/mol. The van der Waals surface area contributed by atoms with E-state index in [1.165, 1.54) is 6.20 Å². The number of carbonyl (C=O) groups excluding carboxylic acids is 1. The van der Waals surface area contributed by atoms with Gasteiger partial charge in [0.1, 0.15) is 11.4 Å². The lowest BCUT2D eigenvalue weighted by Gasteiger charge is -2.16. The maximum Gasteiger partial charge on any atom is 0.343 e. The van der Waals surface area contributed by atoms with E-state index in [2.05, 4.69) is 10.1 Å². The van der Waals surface area contributed by atoms with Gasteiger partial charge in [-0.2, -0.15) is 5.10 Å². The van der Waals surface area contributed by atoms with Crippen molar-refractivity contribution in [3.8, 4) is 0 Å². The molecule has 0 amide bonds. The number of esters is 1. The molecule has 3 rings (SSSR count). The predicted octanol–water partition coefficient (Wildman–Crippen LogP) is 0.477. The molecule has 1 fully saturated rings. The van der Waals surface area contributed by atoms with Gasteiger partial charge in [-0.1, -0.05) is 0 Å². The summed E-state index contributed by atoms with van der Waals surface area (Å²) in [6.07, 6.45) is 3.63. The molecule has 0 saturated carbocycles. The summed E-state index contributed by atoms with van der Waals surface area (Å²) < 4.78 is 6.53. The number of aliphatic hydroxyl groups excluding tert-OH is 1. The highest BCUT2D eigenvalue weighted by molar-refractivity contribution is 5.95. The van der Waals surface area contributed by atoms with Crippen LogP contribution in [-0.4, -0.2) is 51.5 Å². The van der Waals surface area contributed by atoms with Gasteiger partial charge in [-0.3, -0.25) is 0 Å². The summed E-state index contributed by atoms with van der Waals surface area (Å²) in [4.78, 5) is 18.3. The van der Waals surface area contributed by atoms with Crippen LogP contribution in [0.25, 0.3) is 5.65 Å². The predicted molar refractivity (Wildman–Crippen MR) is 71.8 cm³/mol. The van der Waals surface area contributed by atoms with E-state index < -0.39 is 5.97 Å². The lowest BCUT2D eigenvalue weighted by molar-refractivity contribution is 0.0528. The number of rotatable bonds is 3. The molecule has 20 heavy (non-hydrogen) atoms. The zero-order valence-electron chi connectivity index (χ0n) is 11.2. The minimum atomic E-state index is -0.423. The van der Waals surface area contributed by atoms with Crippen molar-refractivity contribution < 1.29 is 14.6 Å². The Bertz CT molecular complexity index is 640. The van der Waals surface area contributed by atoms with Gasteiger partial charge >= 0.3 is 5.97 Å². The van der Waals surface area contributed by atoms with Gasteiger partial charge in [0.25, 0.3) is 0 Å². The van der Waals surface area contributed by atoms with Gasteiger partial charge in [-0.05, 0) is 19.4 Å². The van der Waals surface area contributed by atoms with Crippen LogP contribution >= 0.6 is 0 Å². The maximum atomic E-state index is 11.8. The minimum Gasteiger partial charge on any atom is -0.462 e. The monoisotopic (exact) mass is 276 g/mol. The third-order valence-electron chi connectivity index (χ3n) is 3.34. The van der Waals surface area contributed by atoms with E-state index in [9.17, 15) is 9.90 Å². The standard InChI is InChI=1S/C13H16N4O3/c1-2-20-13(19)10-7-14-17-6-4-11(15-12(10)17)16-5-3-9(18)8-16/h4,6-7,9,18H,2-3,5,8H2,1H3/t9-/m1/s1. The van der Waals surface area contributed by atoms with Crippen LogP contribution in [0.15, 0.2) is 18.5 Å². The van der Waals surface area contributed by atoms with Gasteiger partial charge in [0.2, 0.25) is 0 Å². The number of β-amino-alcohol motifs (C(OH)–C–C–N with tert-alkyl or cyclic N) is 1. The fourth-order valence-electron chi connectivity index (χ4n) is 2.34. The van der Waals surface area contributed by atoms with E-state index in [1.807, 2.05) is 11.0 Å². The number of ether oxygens (including phenoxy) is 1. The Morgan fingerprint density at radius 2 is 2.45 bits per heavy atom. The van der Waals surface area contributed by atoms with Crippen molar-refractivity contribution in [3.63, 3.8) is 0 Å². The molecular formula is C13H16N4O3. The Morgan fingerprint density at radius 3 is 3.15 bits per heavy atom. The van der Waals surface area contributed by atoms with Crippen molar-refractivity contribution in [1.29, 1.82) is 0 Å². The smallest absolute Gasteiger partial charge is 0.343 e. The van der Waals surface area contributed by atoms with Gasteiger partial charge < -0.3 is 14.7 Å². The lowest BCUT2D eigenvalue weighted by atomic mass is 10.3. The summed E-state index contributed by atoms with van der Waals surface area (Å²) in [5.41, 5.74) is 0.829. The fourth-order valence-corrected chi connectivity index (χ4v) is 2.34. The molecule has 3 heterocycles. The first-order chi connectivity index (χ1) is 9.69. The lowest BCUT2D eigenvalue weighted by Crippen LogP contribution is -2.22. The van der Waals surface area contributed by atoms with Crippen LogP contribution in [0.3, 0.4) is 0 Å². The van der Waals surface area contributed by atoms with Crippen LogP contribution in [-0.2, 0) is 4.74 Å². The molecule has 0 aliphatic carbocycles. The summed E-state index contributed by atoms with van der Waals surface area (Å²) >= 11 is 0. The largest absolute Gasteiger partial charge is 0.462 e. The highest BCUT2D eigenvalue weighted by atomic mass is 16.5. The zero-order valence-corrected chi connectivity index (χ0v) is 11.2. The molecule has 7 nitrogen and oxygen atoms in total. The number of hydrogen-bond donors (Lipinski definition) is 1. The molecule has 106 valence electrons. The second-order valence-corrected chi connectivity index (χ2v) is 4.72. The molecule has 0 unspecified atom stereocenters. The molecular weight excluding hydrogens is 260 g/mol. The average Bonchev–Trinajstić information content (AvgIpc) is 3.04. The van der Waals surface area contributed by atoms with Crippen molar-refractivity contribution in [2.45, 2.75) is 19.4 Å². The Balaban J connectivity index is 1.96. The number of aliphatic hydroxyl groups is 1. The van der Waals surface area contributed by atoms with Crippen LogP contribution in [0.2, 0.25) is 0 Å². The van der Waals surface area contributed by atoms with Crippen molar-refractivity contribution in [2.24, 2.45) is 0 Å². The molecule has 2 aromatic heterocycles. The number of nitrogens with zero attached hydrogens (tertiary/aromatic N) is 4. The summed E-state index contributed by atoms with van der Waals surface area (Å²) in [7, 11) is 0. The molecule has 1 aliphatic heterocycles. The molecule has 0 bridgehead atoms. The van der Waals surface area contributed by atoms with Gasteiger partial charge in [-0.25, -0.2) is 14.3 Å². The summed E-state index contributed by atoms with van der Waals surface area (Å²) in [5.74, 6) is 0.314. The van der Waals surface area contributed by atoms with Gasteiger partial charge in [0.15, 0.2) is 5.65 Å². The molecule has 1 atom stereocenters. The van der Waals surface area contributed by atoms with Crippen molar-refractivity contribution >= 4 is 17.4 Å². The van der Waals surface area contributed by atoms with E-state index in [0.717, 1.165) is 18.8 Å². The Morgan fingerprint density at radius 1 is 1.60 bits per heavy atom. The van der Waals surface area contributed by atoms with Gasteiger partial charge in [-0.15, -0.1) is 0 Å². The quantitative estimate of drug-likeness (QED) is 0.821. The van der Waals surface area contributed by atoms with Crippen LogP contribution in [0, 0.1) is 0 Å². The maximum absolute atomic E-state index is 11.8. The Hall–Kier alpha value is -2.15. The number of hydrogen-bond acceptors (Lipinski definition) is 6. The molecule has 1 aliphatic rings. The molecule has 1 N–H and O–H groups in total. The number of carbonyl (C=O) groups is 1. The molecule has 2 aromatic rings. The first kappa shape index (κ1) is 12.9. The van der Waals surface area contributed by atoms with Crippen molar-refractivity contribution in [2.75, 3.05) is 24.6 Å².